The van der Waals surface area contributed by atoms with E-state index in [0.717, 1.165) is 30.0 Å². The first-order valence-corrected chi connectivity index (χ1v) is 8.52. The van der Waals surface area contributed by atoms with E-state index in [9.17, 15) is 9.00 Å². The summed E-state index contributed by atoms with van der Waals surface area (Å²) in [4.78, 5) is 12.1. The lowest BCUT2D eigenvalue weighted by molar-refractivity contribution is -0.118. The van der Waals surface area contributed by atoms with Crippen LogP contribution in [-0.4, -0.2) is 33.7 Å². The second kappa shape index (κ2) is 6.99. The molecular weight excluding hydrogens is 272 g/mol. The van der Waals surface area contributed by atoms with Gasteiger partial charge in [-0.1, -0.05) is 17.7 Å². The highest BCUT2D eigenvalue weighted by molar-refractivity contribution is 7.85. The van der Waals surface area contributed by atoms with Crippen molar-refractivity contribution in [3.63, 3.8) is 0 Å². The van der Waals surface area contributed by atoms with Crippen molar-refractivity contribution < 1.29 is 9.00 Å². The highest BCUT2D eigenvalue weighted by atomic mass is 32.2. The Morgan fingerprint density at radius 1 is 1.25 bits per heavy atom. The summed E-state index contributed by atoms with van der Waals surface area (Å²) in [5.74, 6) is 1.45. The number of aryl methyl sites for hydroxylation is 1. The third kappa shape index (κ3) is 4.42. The van der Waals surface area contributed by atoms with Gasteiger partial charge in [-0.15, -0.1) is 0 Å². The van der Waals surface area contributed by atoms with Gasteiger partial charge in [0.05, 0.1) is 6.04 Å². The highest BCUT2D eigenvalue weighted by Crippen LogP contribution is 2.12. The van der Waals surface area contributed by atoms with E-state index >= 15 is 0 Å². The molecule has 4 nitrogen and oxygen atoms in total. The van der Waals surface area contributed by atoms with E-state index < -0.39 is 10.8 Å². The minimum Gasteiger partial charge on any atom is -0.325 e. The van der Waals surface area contributed by atoms with Crippen LogP contribution in [0.2, 0.25) is 0 Å². The normalized spacial score (nSPS) is 24.1. The Labute approximate surface area is 122 Å². The van der Waals surface area contributed by atoms with Crippen molar-refractivity contribution >= 4 is 22.4 Å². The molecule has 1 saturated heterocycles. The van der Waals surface area contributed by atoms with Gasteiger partial charge in [-0.25, -0.2) is 0 Å². The number of carbonyl (C=O) groups is 1. The number of hydrogen-bond acceptors (Lipinski definition) is 3. The first kappa shape index (κ1) is 15.2. The number of nitrogens with one attached hydrogen (secondary N) is 2. The SMILES string of the molecule is Cc1ccc(NC(=O)C(C)NC2CCS(=O)CC2)cc1. The van der Waals surface area contributed by atoms with Crippen molar-refractivity contribution in [2.75, 3.05) is 16.8 Å². The average Bonchev–Trinajstić information content (AvgIpc) is 2.44. The third-order valence-electron chi connectivity index (χ3n) is 3.59. The van der Waals surface area contributed by atoms with Crippen LogP contribution >= 0.6 is 0 Å². The summed E-state index contributed by atoms with van der Waals surface area (Å²) in [6.07, 6.45) is 1.77. The van der Waals surface area contributed by atoms with Gasteiger partial charge in [0.15, 0.2) is 0 Å². The van der Waals surface area contributed by atoms with E-state index in [1.807, 2.05) is 38.1 Å². The van der Waals surface area contributed by atoms with Crippen molar-refractivity contribution in [3.8, 4) is 0 Å². The van der Waals surface area contributed by atoms with Crippen molar-refractivity contribution in [2.24, 2.45) is 0 Å². The van der Waals surface area contributed by atoms with Crippen LogP contribution in [0.5, 0.6) is 0 Å². The van der Waals surface area contributed by atoms with Crippen molar-refractivity contribution in [2.45, 2.75) is 38.8 Å². The van der Waals surface area contributed by atoms with E-state index in [1.165, 1.54) is 5.56 Å². The Morgan fingerprint density at radius 2 is 1.85 bits per heavy atom. The zero-order valence-electron chi connectivity index (χ0n) is 12.0. The molecule has 1 fully saturated rings. The van der Waals surface area contributed by atoms with Crippen LogP contribution in [0.25, 0.3) is 0 Å². The van der Waals surface area contributed by atoms with E-state index in [2.05, 4.69) is 10.6 Å². The minimum absolute atomic E-state index is 0.0273. The molecule has 0 bridgehead atoms. The Morgan fingerprint density at radius 3 is 2.45 bits per heavy atom. The monoisotopic (exact) mass is 294 g/mol. The van der Waals surface area contributed by atoms with E-state index in [0.29, 0.717) is 6.04 Å². The molecule has 1 aliphatic heterocycles. The second-order valence-electron chi connectivity index (χ2n) is 5.37. The lowest BCUT2D eigenvalue weighted by Gasteiger charge is -2.25. The van der Waals surface area contributed by atoms with Crippen LogP contribution in [0.3, 0.4) is 0 Å². The van der Waals surface area contributed by atoms with Crippen LogP contribution < -0.4 is 10.6 Å². The van der Waals surface area contributed by atoms with E-state index in [1.54, 1.807) is 0 Å². The smallest absolute Gasteiger partial charge is 0.241 e. The standard InChI is InChI=1S/C15H22N2O2S/c1-11-3-5-13(6-4-11)17-15(18)12(2)16-14-7-9-20(19)10-8-14/h3-6,12,14,16H,7-10H2,1-2H3,(H,17,18). The first-order chi connectivity index (χ1) is 9.54. The Bertz CT molecular complexity index is 477. The summed E-state index contributed by atoms with van der Waals surface area (Å²) in [7, 11) is -0.661. The molecule has 5 heteroatoms. The first-order valence-electron chi connectivity index (χ1n) is 7.03. The maximum Gasteiger partial charge on any atom is 0.241 e. The number of anilines is 1. The van der Waals surface area contributed by atoms with Crippen LogP contribution in [0.1, 0.15) is 25.3 Å². The number of carbonyl (C=O) groups excluding carboxylic acids is 1. The summed E-state index contributed by atoms with van der Waals surface area (Å²) in [5, 5.41) is 6.23. The summed E-state index contributed by atoms with van der Waals surface area (Å²) >= 11 is 0. The van der Waals surface area contributed by atoms with Gasteiger partial charge >= 0.3 is 0 Å². The molecule has 2 N–H and O–H groups in total. The van der Waals surface area contributed by atoms with Gasteiger partial charge in [-0.3, -0.25) is 9.00 Å². The number of rotatable bonds is 4. The summed E-state index contributed by atoms with van der Waals surface area (Å²) < 4.78 is 11.3. The zero-order valence-corrected chi connectivity index (χ0v) is 12.8. The van der Waals surface area contributed by atoms with Crippen LogP contribution in [-0.2, 0) is 15.6 Å². The van der Waals surface area contributed by atoms with Gasteiger partial charge in [-0.2, -0.15) is 0 Å². The third-order valence-corrected chi connectivity index (χ3v) is 4.97. The molecule has 0 spiro atoms. The molecule has 0 radical (unpaired) electrons. The molecule has 1 heterocycles. The maximum atomic E-state index is 12.1. The van der Waals surface area contributed by atoms with Gasteiger partial charge in [0.1, 0.15) is 0 Å². The van der Waals surface area contributed by atoms with Crippen molar-refractivity contribution in [1.82, 2.24) is 5.32 Å². The average molecular weight is 294 g/mol. The van der Waals surface area contributed by atoms with E-state index in [-0.39, 0.29) is 11.9 Å². The van der Waals surface area contributed by atoms with Crippen molar-refractivity contribution in [1.29, 1.82) is 0 Å². The molecule has 0 aromatic heterocycles. The van der Waals surface area contributed by atoms with E-state index in [4.69, 9.17) is 0 Å². The fraction of sp³-hybridized carbons (Fsp3) is 0.533. The van der Waals surface area contributed by atoms with Crippen LogP contribution in [0.15, 0.2) is 24.3 Å². The summed E-state index contributed by atoms with van der Waals surface area (Å²) in [6, 6.07) is 7.82. The predicted molar refractivity (Wildman–Crippen MR) is 83.3 cm³/mol. The molecule has 1 unspecified atom stereocenters. The summed E-state index contributed by atoms with van der Waals surface area (Å²) in [5.41, 5.74) is 1.99. The summed E-state index contributed by atoms with van der Waals surface area (Å²) in [6.45, 7) is 3.89. The topological polar surface area (TPSA) is 58.2 Å². The number of benzene rings is 1. The largest absolute Gasteiger partial charge is 0.325 e. The molecule has 110 valence electrons. The molecule has 0 aliphatic carbocycles. The molecule has 1 atom stereocenters. The predicted octanol–water partition coefficient (Wildman–Crippen LogP) is 1.82. The molecule has 1 amide bonds. The molecule has 1 aromatic rings. The number of amides is 1. The molecule has 1 aliphatic rings. The number of hydrogen-bond donors (Lipinski definition) is 2. The van der Waals surface area contributed by atoms with Crippen LogP contribution in [0, 0.1) is 6.92 Å². The fourth-order valence-electron chi connectivity index (χ4n) is 2.28. The lowest BCUT2D eigenvalue weighted by Crippen LogP contribution is -2.46. The highest BCUT2D eigenvalue weighted by Gasteiger charge is 2.22. The van der Waals surface area contributed by atoms with Gasteiger partial charge in [0.25, 0.3) is 0 Å². The van der Waals surface area contributed by atoms with Gasteiger partial charge in [-0.05, 0) is 38.8 Å². The fourth-order valence-corrected chi connectivity index (χ4v) is 3.58. The van der Waals surface area contributed by atoms with Crippen molar-refractivity contribution in [3.05, 3.63) is 29.8 Å². The molecular formula is C15H22N2O2S. The Balaban J connectivity index is 1.82. The lowest BCUT2D eigenvalue weighted by atomic mass is 10.1. The zero-order chi connectivity index (χ0) is 14.5. The maximum absolute atomic E-state index is 12.1. The molecule has 2 rings (SSSR count). The Kier molecular flexibility index (Phi) is 5.31. The molecule has 0 saturated carbocycles. The Hall–Kier alpha value is -1.20. The van der Waals surface area contributed by atoms with Crippen LogP contribution in [0.4, 0.5) is 5.69 Å². The van der Waals surface area contributed by atoms with Gasteiger partial charge in [0, 0.05) is 34.0 Å². The molecule has 20 heavy (non-hydrogen) atoms. The van der Waals surface area contributed by atoms with Gasteiger partial charge < -0.3 is 10.6 Å². The minimum atomic E-state index is -0.661. The van der Waals surface area contributed by atoms with Gasteiger partial charge in [0.2, 0.25) is 5.91 Å². The molecule has 1 aromatic carbocycles. The quantitative estimate of drug-likeness (QED) is 0.890. The second-order valence-corrected chi connectivity index (χ2v) is 7.06.